The van der Waals surface area contributed by atoms with Crippen molar-refractivity contribution in [2.45, 2.75) is 62.8 Å². The first-order valence-corrected chi connectivity index (χ1v) is 7.50. The second-order valence-corrected chi connectivity index (χ2v) is 5.97. The van der Waals surface area contributed by atoms with E-state index in [-0.39, 0.29) is 24.7 Å². The van der Waals surface area contributed by atoms with Gasteiger partial charge >= 0.3 is 12.1 Å². The zero-order valence-electron chi connectivity index (χ0n) is 12.5. The Morgan fingerprint density at radius 3 is 2.48 bits per heavy atom. The third-order valence-electron chi connectivity index (χ3n) is 4.48. The Balaban J connectivity index is 2.06. The lowest BCUT2D eigenvalue weighted by molar-refractivity contribution is -0.154. The molecule has 122 valence electrons. The van der Waals surface area contributed by atoms with Crippen molar-refractivity contribution in [1.82, 2.24) is 10.2 Å². The van der Waals surface area contributed by atoms with Crippen molar-refractivity contribution in [3.05, 3.63) is 0 Å². The van der Waals surface area contributed by atoms with E-state index in [0.717, 1.165) is 12.8 Å². The molecule has 0 aromatic rings. The van der Waals surface area contributed by atoms with Gasteiger partial charge in [0.05, 0.1) is 13.2 Å². The van der Waals surface area contributed by atoms with E-state index in [1.54, 1.807) is 14.0 Å². The molecule has 2 aliphatic rings. The van der Waals surface area contributed by atoms with Gasteiger partial charge in [0.15, 0.2) is 0 Å². The number of carbonyl (C=O) groups is 1. The van der Waals surface area contributed by atoms with Gasteiger partial charge in [0.2, 0.25) is 0 Å². The standard InChI is InChI=1S/C14H23F3N2O2/c1-3-21-12(20)13(18-2)7-6-11(8-13)19(10-4-5-10)9-14(15,16)17/h10-11,18H,3-9H2,1-2H3. The third kappa shape index (κ3) is 3.88. The number of alkyl halides is 3. The molecule has 2 aliphatic carbocycles. The number of ether oxygens (including phenoxy) is 1. The lowest BCUT2D eigenvalue weighted by Crippen LogP contribution is -2.51. The van der Waals surface area contributed by atoms with Crippen molar-refractivity contribution in [2.24, 2.45) is 0 Å². The lowest BCUT2D eigenvalue weighted by Gasteiger charge is -2.32. The van der Waals surface area contributed by atoms with E-state index in [1.165, 1.54) is 4.90 Å². The molecule has 1 N–H and O–H groups in total. The molecule has 2 atom stereocenters. The molecule has 0 aromatic heterocycles. The van der Waals surface area contributed by atoms with Crippen LogP contribution in [-0.4, -0.2) is 54.9 Å². The van der Waals surface area contributed by atoms with Crippen LogP contribution in [0.4, 0.5) is 13.2 Å². The molecule has 7 heteroatoms. The van der Waals surface area contributed by atoms with Gasteiger partial charge in [-0.1, -0.05) is 0 Å². The summed E-state index contributed by atoms with van der Waals surface area (Å²) < 4.78 is 43.3. The van der Waals surface area contributed by atoms with Crippen molar-refractivity contribution >= 4 is 5.97 Å². The van der Waals surface area contributed by atoms with Crippen LogP contribution in [0.25, 0.3) is 0 Å². The Kier molecular flexibility index (Phi) is 4.82. The number of esters is 1. The monoisotopic (exact) mass is 308 g/mol. The smallest absolute Gasteiger partial charge is 0.401 e. The highest BCUT2D eigenvalue weighted by atomic mass is 19.4. The Bertz CT molecular complexity index is 385. The molecule has 4 nitrogen and oxygen atoms in total. The summed E-state index contributed by atoms with van der Waals surface area (Å²) in [4.78, 5) is 13.7. The molecule has 0 aliphatic heterocycles. The minimum Gasteiger partial charge on any atom is -0.465 e. The van der Waals surface area contributed by atoms with Gasteiger partial charge in [0.1, 0.15) is 5.54 Å². The second-order valence-electron chi connectivity index (χ2n) is 5.97. The van der Waals surface area contributed by atoms with Crippen LogP contribution >= 0.6 is 0 Å². The van der Waals surface area contributed by atoms with Crippen LogP contribution in [0.2, 0.25) is 0 Å². The number of carbonyl (C=O) groups excluding carboxylic acids is 1. The minimum atomic E-state index is -4.20. The van der Waals surface area contributed by atoms with Crippen molar-refractivity contribution in [2.75, 3.05) is 20.2 Å². The Morgan fingerprint density at radius 2 is 2.00 bits per heavy atom. The summed E-state index contributed by atoms with van der Waals surface area (Å²) in [5.74, 6) is -0.349. The van der Waals surface area contributed by atoms with Crippen LogP contribution < -0.4 is 5.32 Å². The normalized spacial score (nSPS) is 29.9. The molecule has 2 fully saturated rings. The summed E-state index contributed by atoms with van der Waals surface area (Å²) in [6.07, 6.45) is -1.07. The maximum Gasteiger partial charge on any atom is 0.401 e. The van der Waals surface area contributed by atoms with Crippen LogP contribution in [0.1, 0.15) is 39.0 Å². The topological polar surface area (TPSA) is 41.6 Å². The molecule has 0 saturated heterocycles. The van der Waals surface area contributed by atoms with E-state index in [9.17, 15) is 18.0 Å². The van der Waals surface area contributed by atoms with Gasteiger partial charge in [-0.3, -0.25) is 9.69 Å². The highest BCUT2D eigenvalue weighted by Crippen LogP contribution is 2.40. The average molecular weight is 308 g/mol. The van der Waals surface area contributed by atoms with E-state index in [4.69, 9.17) is 4.74 Å². The lowest BCUT2D eigenvalue weighted by atomic mass is 9.97. The van der Waals surface area contributed by atoms with Gasteiger partial charge in [-0.05, 0) is 46.1 Å². The molecular weight excluding hydrogens is 285 g/mol. The van der Waals surface area contributed by atoms with Crippen LogP contribution in [0.5, 0.6) is 0 Å². The predicted molar refractivity (Wildman–Crippen MR) is 71.8 cm³/mol. The van der Waals surface area contributed by atoms with Crippen LogP contribution in [0, 0.1) is 0 Å². The number of hydrogen-bond donors (Lipinski definition) is 1. The maximum atomic E-state index is 12.8. The fourth-order valence-electron chi connectivity index (χ4n) is 3.26. The summed E-state index contributed by atoms with van der Waals surface area (Å²) >= 11 is 0. The number of rotatable bonds is 6. The predicted octanol–water partition coefficient (Wildman–Crippen LogP) is 2.09. The van der Waals surface area contributed by atoms with Gasteiger partial charge in [-0.15, -0.1) is 0 Å². The highest BCUT2D eigenvalue weighted by molar-refractivity contribution is 5.81. The number of hydrogen-bond acceptors (Lipinski definition) is 4. The molecule has 0 aromatic carbocycles. The van der Waals surface area contributed by atoms with E-state index < -0.39 is 18.3 Å². The summed E-state index contributed by atoms with van der Waals surface area (Å²) in [7, 11) is 1.67. The summed E-state index contributed by atoms with van der Waals surface area (Å²) in [6.45, 7) is 1.13. The molecule has 2 saturated carbocycles. The van der Waals surface area contributed by atoms with Gasteiger partial charge in [0.25, 0.3) is 0 Å². The first kappa shape index (κ1) is 16.5. The SMILES string of the molecule is CCOC(=O)C1(NC)CCC(N(CC(F)(F)F)C2CC2)C1. The highest BCUT2D eigenvalue weighted by Gasteiger charge is 2.50. The van der Waals surface area contributed by atoms with E-state index in [1.807, 2.05) is 0 Å². The minimum absolute atomic E-state index is 0.0199. The molecule has 2 rings (SSSR count). The Hall–Kier alpha value is -0.820. The summed E-state index contributed by atoms with van der Waals surface area (Å²) in [5, 5.41) is 2.99. The van der Waals surface area contributed by atoms with Crippen molar-refractivity contribution in [3.8, 4) is 0 Å². The van der Waals surface area contributed by atoms with Gasteiger partial charge < -0.3 is 10.1 Å². The van der Waals surface area contributed by atoms with Crippen molar-refractivity contribution in [1.29, 1.82) is 0 Å². The first-order valence-electron chi connectivity index (χ1n) is 7.50. The van der Waals surface area contributed by atoms with Crippen molar-refractivity contribution in [3.63, 3.8) is 0 Å². The molecule has 21 heavy (non-hydrogen) atoms. The van der Waals surface area contributed by atoms with E-state index >= 15 is 0 Å². The third-order valence-corrected chi connectivity index (χ3v) is 4.48. The van der Waals surface area contributed by atoms with Gasteiger partial charge in [-0.2, -0.15) is 13.2 Å². The Morgan fingerprint density at radius 1 is 1.33 bits per heavy atom. The van der Waals surface area contributed by atoms with E-state index in [2.05, 4.69) is 5.32 Å². The fraction of sp³-hybridized carbons (Fsp3) is 0.929. The largest absolute Gasteiger partial charge is 0.465 e. The number of nitrogens with zero attached hydrogens (tertiary/aromatic N) is 1. The number of halogens is 3. The summed E-state index contributed by atoms with van der Waals surface area (Å²) in [6, 6.07) is -0.192. The quantitative estimate of drug-likeness (QED) is 0.763. The van der Waals surface area contributed by atoms with E-state index in [0.29, 0.717) is 19.3 Å². The molecule has 0 heterocycles. The fourth-order valence-corrected chi connectivity index (χ4v) is 3.26. The first-order chi connectivity index (χ1) is 9.81. The zero-order valence-corrected chi connectivity index (χ0v) is 12.5. The molecular formula is C14H23F3N2O2. The zero-order chi connectivity index (χ0) is 15.7. The summed E-state index contributed by atoms with van der Waals surface area (Å²) in [5.41, 5.74) is -0.834. The van der Waals surface area contributed by atoms with Crippen molar-refractivity contribution < 1.29 is 22.7 Å². The van der Waals surface area contributed by atoms with Crippen LogP contribution in [0.3, 0.4) is 0 Å². The average Bonchev–Trinajstić information content (AvgIpc) is 3.14. The second kappa shape index (κ2) is 6.12. The molecule has 0 radical (unpaired) electrons. The maximum absolute atomic E-state index is 12.8. The van der Waals surface area contributed by atoms with Crippen LogP contribution in [0.15, 0.2) is 0 Å². The van der Waals surface area contributed by atoms with Crippen LogP contribution in [-0.2, 0) is 9.53 Å². The van der Waals surface area contributed by atoms with Gasteiger partial charge in [-0.25, -0.2) is 0 Å². The number of likely N-dealkylation sites (N-methyl/N-ethyl adjacent to an activating group) is 1. The molecule has 2 unspecified atom stereocenters. The molecule has 0 amide bonds. The number of nitrogens with one attached hydrogen (secondary N) is 1. The molecule has 0 bridgehead atoms. The Labute approximate surface area is 123 Å². The van der Waals surface area contributed by atoms with Gasteiger partial charge in [0, 0.05) is 12.1 Å². The molecule has 0 spiro atoms.